The molecule has 2 N–H and O–H groups in total. The lowest BCUT2D eigenvalue weighted by Crippen LogP contribution is -2.74. The molecule has 4 heterocycles. The van der Waals surface area contributed by atoms with Crippen molar-refractivity contribution in [2.24, 2.45) is 10.8 Å². The molecule has 58 heavy (non-hydrogen) atoms. The van der Waals surface area contributed by atoms with Crippen LogP contribution in [0.15, 0.2) is 48.7 Å². The minimum absolute atomic E-state index is 0.142. The number of carbonyl (C=O) groups is 4. The molecule has 2 saturated heterocycles. The first-order valence-electron chi connectivity index (χ1n) is 20.2. The van der Waals surface area contributed by atoms with Crippen molar-refractivity contribution in [3.05, 3.63) is 87.4 Å². The van der Waals surface area contributed by atoms with Crippen molar-refractivity contribution in [1.82, 2.24) is 25.4 Å². The molecule has 0 unspecified atom stereocenters. The summed E-state index contributed by atoms with van der Waals surface area (Å²) in [6, 6.07) is 13.1. The number of nitrogens with one attached hydrogen (secondary N) is 2. The van der Waals surface area contributed by atoms with Gasteiger partial charge in [-0.05, 0) is 74.2 Å². The molecule has 306 valence electrons. The lowest BCUT2D eigenvalue weighted by atomic mass is 9.49. The number of aryl methyl sites for hydroxylation is 1. The monoisotopic (exact) mass is 811 g/mol. The van der Waals surface area contributed by atoms with Gasteiger partial charge in [0.05, 0.1) is 21.8 Å². The van der Waals surface area contributed by atoms with Crippen molar-refractivity contribution in [3.63, 3.8) is 0 Å². The van der Waals surface area contributed by atoms with Crippen LogP contribution in [0.1, 0.15) is 104 Å². The van der Waals surface area contributed by atoms with Gasteiger partial charge >= 0.3 is 0 Å². The van der Waals surface area contributed by atoms with Crippen LogP contribution < -0.4 is 20.3 Å². The van der Waals surface area contributed by atoms with Gasteiger partial charge in [-0.15, -0.1) is 0 Å². The first kappa shape index (κ1) is 41.1. The number of ether oxygens (including phenoxy) is 1. The number of fused-ring (bicyclic) bond motifs is 1. The molecule has 1 atom stereocenters. The van der Waals surface area contributed by atoms with Gasteiger partial charge in [-0.2, -0.15) is 5.26 Å². The number of unbranched alkanes of at least 4 members (excludes halogenated alkanes) is 3. The van der Waals surface area contributed by atoms with Crippen LogP contribution in [0.5, 0.6) is 5.75 Å². The molecule has 7 rings (SSSR count). The highest BCUT2D eigenvalue weighted by Gasteiger charge is 2.64. The van der Waals surface area contributed by atoms with Crippen molar-refractivity contribution < 1.29 is 28.3 Å². The fraction of sp³-hybridized carbons (Fsp3) is 0.500. The summed E-state index contributed by atoms with van der Waals surface area (Å²) in [5.74, 6) is -1.06. The summed E-state index contributed by atoms with van der Waals surface area (Å²) in [5.41, 5.74) is 2.54. The highest BCUT2D eigenvalue weighted by atomic mass is 35.5. The summed E-state index contributed by atoms with van der Waals surface area (Å²) in [6.07, 6.45) is 6.96. The average molecular weight is 812 g/mol. The fourth-order valence-corrected chi connectivity index (χ4v) is 9.75. The number of benzene rings is 2. The van der Waals surface area contributed by atoms with E-state index in [-0.39, 0.29) is 65.9 Å². The summed E-state index contributed by atoms with van der Waals surface area (Å²) in [4.78, 5) is 61.0. The standard InChI is InChI=1S/C44H51ClFN7O5/c1-43(2)41(44(3,4)42(43)58-31-13-11-27(24-47)33(45)22-31)50-38(55)28-10-12-30(48-25-28)9-7-5-6-8-16-51-17-19-52(20-18-51)36-23-32-29(21-34(36)46)26-53(40(32)57)35-14-15-37(54)49-39(35)56/h10-13,21-23,25,35,41-42H,5-9,14-20,26H2,1-4H3,(H,50,55)(H,49,54,56)/t35-,41?,42?/m1/s1. The Bertz CT molecular complexity index is 2110. The largest absolute Gasteiger partial charge is 0.489 e. The summed E-state index contributed by atoms with van der Waals surface area (Å²) in [5, 5.41) is 15.1. The number of halogens is 2. The van der Waals surface area contributed by atoms with E-state index in [9.17, 15) is 24.4 Å². The number of piperazine rings is 1. The summed E-state index contributed by atoms with van der Waals surface area (Å²) in [6.45, 7) is 12.3. The molecule has 3 aromatic rings. The number of anilines is 1. The SMILES string of the molecule is CC1(C)C(NC(=O)c2ccc(CCCCCCN3CCN(c4cc5c(cc4F)CN([C@@H]4CCC(=O)NC4=O)C5=O)CC3)nc2)C(C)(C)C1Oc1ccc(C#N)c(Cl)c1. The van der Waals surface area contributed by atoms with Gasteiger partial charge in [0.25, 0.3) is 11.8 Å². The van der Waals surface area contributed by atoms with E-state index in [0.717, 1.165) is 57.4 Å². The fourth-order valence-electron chi connectivity index (χ4n) is 9.54. The van der Waals surface area contributed by atoms with E-state index in [1.165, 1.54) is 11.0 Å². The Kier molecular flexibility index (Phi) is 11.8. The van der Waals surface area contributed by atoms with Crippen LogP contribution in [0.25, 0.3) is 0 Å². The van der Waals surface area contributed by atoms with Gasteiger partial charge in [0.2, 0.25) is 11.8 Å². The second-order valence-electron chi connectivity index (χ2n) is 17.2. The van der Waals surface area contributed by atoms with E-state index in [0.29, 0.717) is 51.8 Å². The summed E-state index contributed by atoms with van der Waals surface area (Å²) in [7, 11) is 0. The third kappa shape index (κ3) is 8.27. The van der Waals surface area contributed by atoms with E-state index in [4.69, 9.17) is 16.3 Å². The Morgan fingerprint density at radius 3 is 2.43 bits per heavy atom. The van der Waals surface area contributed by atoms with E-state index in [2.05, 4.69) is 54.3 Å². The highest BCUT2D eigenvalue weighted by molar-refractivity contribution is 6.31. The first-order valence-corrected chi connectivity index (χ1v) is 20.6. The molecule has 1 aromatic heterocycles. The molecule has 3 aliphatic heterocycles. The third-order valence-corrected chi connectivity index (χ3v) is 12.8. The van der Waals surface area contributed by atoms with Crippen LogP contribution in [0.3, 0.4) is 0 Å². The van der Waals surface area contributed by atoms with Crippen molar-refractivity contribution >= 4 is 40.9 Å². The number of nitriles is 1. The number of rotatable bonds is 13. The Morgan fingerprint density at radius 1 is 1.02 bits per heavy atom. The molecule has 12 nitrogen and oxygen atoms in total. The number of nitrogens with zero attached hydrogens (tertiary/aromatic N) is 5. The second kappa shape index (κ2) is 16.7. The average Bonchev–Trinajstić information content (AvgIpc) is 3.51. The number of aromatic nitrogens is 1. The predicted octanol–water partition coefficient (Wildman–Crippen LogP) is 6.04. The smallest absolute Gasteiger partial charge is 0.255 e. The Hall–Kier alpha value is -5.06. The van der Waals surface area contributed by atoms with Crippen molar-refractivity contribution in [2.75, 3.05) is 37.6 Å². The number of hydrogen-bond acceptors (Lipinski definition) is 9. The molecule has 14 heteroatoms. The van der Waals surface area contributed by atoms with Gasteiger partial charge in [-0.3, -0.25) is 34.4 Å². The van der Waals surface area contributed by atoms with E-state index < -0.39 is 11.9 Å². The number of carbonyl (C=O) groups excluding carboxylic acids is 4. The quantitative estimate of drug-likeness (QED) is 0.156. The number of amides is 4. The molecule has 1 saturated carbocycles. The van der Waals surface area contributed by atoms with Crippen LogP contribution in [0.2, 0.25) is 5.02 Å². The molecular weight excluding hydrogens is 761 g/mol. The van der Waals surface area contributed by atoms with Crippen LogP contribution in [0.4, 0.5) is 10.1 Å². The Labute approximate surface area is 344 Å². The predicted molar refractivity (Wildman–Crippen MR) is 217 cm³/mol. The van der Waals surface area contributed by atoms with Gasteiger partial charge < -0.3 is 19.9 Å². The van der Waals surface area contributed by atoms with Gasteiger partial charge in [0.1, 0.15) is 29.8 Å². The molecule has 0 bridgehead atoms. The van der Waals surface area contributed by atoms with Crippen LogP contribution in [-0.2, 0) is 22.6 Å². The minimum Gasteiger partial charge on any atom is -0.489 e. The third-order valence-electron chi connectivity index (χ3n) is 12.5. The molecule has 1 aliphatic carbocycles. The van der Waals surface area contributed by atoms with Crippen LogP contribution in [0, 0.1) is 28.0 Å². The molecule has 2 aromatic carbocycles. The maximum absolute atomic E-state index is 15.3. The lowest BCUT2D eigenvalue weighted by molar-refractivity contribution is -0.164. The topological polar surface area (TPSA) is 148 Å². The molecule has 4 amide bonds. The highest BCUT2D eigenvalue weighted by Crippen LogP contribution is 2.55. The van der Waals surface area contributed by atoms with Crippen molar-refractivity contribution in [1.29, 1.82) is 5.26 Å². The number of pyridine rings is 1. The van der Waals surface area contributed by atoms with Crippen molar-refractivity contribution in [2.45, 2.75) is 97.4 Å². The molecule has 0 radical (unpaired) electrons. The van der Waals surface area contributed by atoms with E-state index in [1.54, 1.807) is 30.5 Å². The number of imide groups is 1. The van der Waals surface area contributed by atoms with E-state index >= 15 is 4.39 Å². The zero-order valence-electron chi connectivity index (χ0n) is 33.6. The van der Waals surface area contributed by atoms with Gasteiger partial charge in [0.15, 0.2) is 0 Å². The minimum atomic E-state index is -0.726. The maximum atomic E-state index is 15.3. The van der Waals surface area contributed by atoms with Gasteiger partial charge in [0, 0.05) is 79.5 Å². The zero-order chi connectivity index (χ0) is 41.4. The summed E-state index contributed by atoms with van der Waals surface area (Å²) >= 11 is 6.23. The van der Waals surface area contributed by atoms with Crippen LogP contribution in [-0.4, -0.2) is 89.3 Å². The number of piperidine rings is 1. The normalized spacial score (nSPS) is 22.5. The van der Waals surface area contributed by atoms with Crippen molar-refractivity contribution in [3.8, 4) is 11.8 Å². The molecular formula is C44H51ClFN7O5. The zero-order valence-corrected chi connectivity index (χ0v) is 34.3. The lowest BCUT2D eigenvalue weighted by Gasteiger charge is -2.63. The second-order valence-corrected chi connectivity index (χ2v) is 17.6. The number of hydrogen-bond donors (Lipinski definition) is 2. The molecule has 3 fully saturated rings. The molecule has 4 aliphatic rings. The Morgan fingerprint density at radius 2 is 1.76 bits per heavy atom. The Balaban J connectivity index is 0.802. The first-order chi connectivity index (χ1) is 27.7. The van der Waals surface area contributed by atoms with Gasteiger partial charge in [-0.25, -0.2) is 4.39 Å². The maximum Gasteiger partial charge on any atom is 0.255 e. The van der Waals surface area contributed by atoms with Gasteiger partial charge in [-0.1, -0.05) is 52.1 Å². The molecule has 0 spiro atoms. The van der Waals surface area contributed by atoms with Crippen LogP contribution >= 0.6 is 11.6 Å². The van der Waals surface area contributed by atoms with E-state index in [1.807, 2.05) is 17.0 Å². The summed E-state index contributed by atoms with van der Waals surface area (Å²) < 4.78 is 21.7.